The SMILES string of the molecule is C[C@@H](N1CCC(Nc2ncccn2)CC1)[C@](O)(Cn1cncn1)c1ccc(F)cc1F. The zero-order chi connectivity index (χ0) is 21.8. The molecule has 0 amide bonds. The van der Waals surface area contributed by atoms with Crippen molar-refractivity contribution in [2.45, 2.75) is 44.0 Å². The van der Waals surface area contributed by atoms with Crippen molar-refractivity contribution in [3.8, 4) is 0 Å². The Morgan fingerprint density at radius 1 is 1.23 bits per heavy atom. The van der Waals surface area contributed by atoms with Gasteiger partial charge in [0.15, 0.2) is 0 Å². The van der Waals surface area contributed by atoms with E-state index in [-0.39, 0.29) is 18.2 Å². The number of nitrogens with zero attached hydrogens (tertiary/aromatic N) is 6. The minimum Gasteiger partial charge on any atom is -0.381 e. The van der Waals surface area contributed by atoms with E-state index >= 15 is 0 Å². The second kappa shape index (κ2) is 9.03. The molecule has 8 nitrogen and oxygen atoms in total. The number of aliphatic hydroxyl groups is 1. The predicted molar refractivity (Wildman–Crippen MR) is 110 cm³/mol. The van der Waals surface area contributed by atoms with Crippen molar-refractivity contribution in [1.29, 1.82) is 0 Å². The first-order chi connectivity index (χ1) is 15.0. The zero-order valence-electron chi connectivity index (χ0n) is 17.2. The van der Waals surface area contributed by atoms with Gasteiger partial charge >= 0.3 is 0 Å². The third-order valence-electron chi connectivity index (χ3n) is 5.93. The maximum absolute atomic E-state index is 14.7. The van der Waals surface area contributed by atoms with E-state index in [0.717, 1.165) is 25.0 Å². The van der Waals surface area contributed by atoms with Crippen LogP contribution in [0.4, 0.5) is 14.7 Å². The van der Waals surface area contributed by atoms with Crippen LogP contribution in [0.3, 0.4) is 0 Å². The standard InChI is InChI=1S/C21H25F2N7O/c1-15(29-9-5-17(6-10-29)28-20-25-7-2-8-26-20)21(31,12-30-14-24-13-27-30)18-4-3-16(22)11-19(18)23/h2-4,7-8,11,13-15,17,31H,5-6,9-10,12H2,1H3,(H,25,26,28)/t15-,21-/m1/s1. The van der Waals surface area contributed by atoms with E-state index in [1.165, 1.54) is 23.4 Å². The quantitative estimate of drug-likeness (QED) is 0.595. The van der Waals surface area contributed by atoms with Crippen LogP contribution in [-0.2, 0) is 12.1 Å². The Kier molecular flexibility index (Phi) is 6.19. The van der Waals surface area contributed by atoms with Crippen LogP contribution in [0.2, 0.25) is 0 Å². The Morgan fingerprint density at radius 3 is 2.61 bits per heavy atom. The molecule has 0 spiro atoms. The second-order valence-corrected chi connectivity index (χ2v) is 7.84. The maximum atomic E-state index is 14.7. The first-order valence-electron chi connectivity index (χ1n) is 10.2. The second-order valence-electron chi connectivity index (χ2n) is 7.84. The molecule has 3 aromatic rings. The minimum absolute atomic E-state index is 0.00719. The van der Waals surface area contributed by atoms with Crippen molar-refractivity contribution < 1.29 is 13.9 Å². The molecule has 0 saturated carbocycles. The molecule has 4 rings (SSSR count). The smallest absolute Gasteiger partial charge is 0.222 e. The molecular weight excluding hydrogens is 404 g/mol. The molecule has 164 valence electrons. The van der Waals surface area contributed by atoms with E-state index in [0.29, 0.717) is 19.0 Å². The molecule has 1 aliphatic heterocycles. The third kappa shape index (κ3) is 4.70. The summed E-state index contributed by atoms with van der Waals surface area (Å²) in [5.41, 5.74) is -1.59. The highest BCUT2D eigenvalue weighted by molar-refractivity contribution is 5.28. The predicted octanol–water partition coefficient (Wildman–Crippen LogP) is 2.20. The van der Waals surface area contributed by atoms with Crippen molar-refractivity contribution in [1.82, 2.24) is 29.6 Å². The van der Waals surface area contributed by atoms with Gasteiger partial charge in [-0.15, -0.1) is 0 Å². The molecule has 0 bridgehead atoms. The average molecular weight is 429 g/mol. The molecule has 1 saturated heterocycles. The van der Waals surface area contributed by atoms with Crippen LogP contribution < -0.4 is 5.32 Å². The number of hydrogen-bond donors (Lipinski definition) is 2. The molecule has 2 N–H and O–H groups in total. The number of halogens is 2. The lowest BCUT2D eigenvalue weighted by Gasteiger charge is -2.44. The van der Waals surface area contributed by atoms with Gasteiger partial charge < -0.3 is 10.4 Å². The van der Waals surface area contributed by atoms with Crippen molar-refractivity contribution in [2.75, 3.05) is 18.4 Å². The fourth-order valence-electron chi connectivity index (χ4n) is 4.13. The number of rotatable bonds is 7. The molecular formula is C21H25F2N7O. The zero-order valence-corrected chi connectivity index (χ0v) is 17.2. The highest BCUT2D eigenvalue weighted by atomic mass is 19.1. The third-order valence-corrected chi connectivity index (χ3v) is 5.93. The van der Waals surface area contributed by atoms with Gasteiger partial charge in [-0.3, -0.25) is 4.90 Å². The molecule has 2 aromatic heterocycles. The number of hydrogen-bond acceptors (Lipinski definition) is 7. The van der Waals surface area contributed by atoms with Gasteiger partial charge in [-0.2, -0.15) is 5.10 Å². The van der Waals surface area contributed by atoms with E-state index in [2.05, 4.69) is 30.3 Å². The molecule has 0 radical (unpaired) electrons. The largest absolute Gasteiger partial charge is 0.381 e. The fraction of sp³-hybridized carbons (Fsp3) is 0.429. The molecule has 3 heterocycles. The summed E-state index contributed by atoms with van der Waals surface area (Å²) >= 11 is 0. The Hall–Kier alpha value is -2.98. The van der Waals surface area contributed by atoms with E-state index in [9.17, 15) is 13.9 Å². The van der Waals surface area contributed by atoms with E-state index in [4.69, 9.17) is 0 Å². The van der Waals surface area contributed by atoms with Crippen LogP contribution in [0.15, 0.2) is 49.3 Å². The van der Waals surface area contributed by atoms with E-state index < -0.39 is 23.3 Å². The Morgan fingerprint density at radius 2 is 1.97 bits per heavy atom. The first-order valence-corrected chi connectivity index (χ1v) is 10.2. The highest BCUT2D eigenvalue weighted by Crippen LogP contribution is 2.34. The van der Waals surface area contributed by atoms with Gasteiger partial charge in [-0.05, 0) is 31.9 Å². The lowest BCUT2D eigenvalue weighted by Crippen LogP contribution is -2.55. The topological polar surface area (TPSA) is 92.0 Å². The molecule has 0 unspecified atom stereocenters. The normalized spacial score (nSPS) is 18.5. The van der Waals surface area contributed by atoms with Crippen LogP contribution in [0.5, 0.6) is 0 Å². The number of nitrogens with one attached hydrogen (secondary N) is 1. The lowest BCUT2D eigenvalue weighted by molar-refractivity contribution is -0.0686. The molecule has 1 aromatic carbocycles. The highest BCUT2D eigenvalue weighted by Gasteiger charge is 2.42. The molecule has 1 aliphatic rings. The number of likely N-dealkylation sites (tertiary alicyclic amines) is 1. The Bertz CT molecular complexity index is 981. The van der Waals surface area contributed by atoms with Gasteiger partial charge in [0.25, 0.3) is 0 Å². The van der Waals surface area contributed by atoms with Crippen molar-refractivity contribution >= 4 is 5.95 Å². The van der Waals surface area contributed by atoms with Crippen molar-refractivity contribution in [3.05, 3.63) is 66.5 Å². The lowest BCUT2D eigenvalue weighted by atomic mass is 9.84. The van der Waals surface area contributed by atoms with Gasteiger partial charge in [-0.1, -0.05) is 6.07 Å². The number of anilines is 1. The molecule has 10 heteroatoms. The number of piperidine rings is 1. The monoisotopic (exact) mass is 429 g/mol. The summed E-state index contributed by atoms with van der Waals surface area (Å²) in [7, 11) is 0. The van der Waals surface area contributed by atoms with Gasteiger partial charge in [-0.25, -0.2) is 28.4 Å². The van der Waals surface area contributed by atoms with Crippen LogP contribution >= 0.6 is 0 Å². The summed E-state index contributed by atoms with van der Waals surface area (Å²) in [5, 5.41) is 19.1. The van der Waals surface area contributed by atoms with Crippen molar-refractivity contribution in [3.63, 3.8) is 0 Å². The summed E-state index contributed by atoms with van der Waals surface area (Å²) in [5.74, 6) is -0.885. The summed E-state index contributed by atoms with van der Waals surface area (Å²) in [6, 6.07) is 4.78. The summed E-state index contributed by atoms with van der Waals surface area (Å²) in [6.45, 7) is 3.23. The minimum atomic E-state index is -1.63. The van der Waals surface area contributed by atoms with Crippen LogP contribution in [0.1, 0.15) is 25.3 Å². The molecule has 2 atom stereocenters. The number of benzene rings is 1. The van der Waals surface area contributed by atoms with Crippen LogP contribution in [-0.4, -0.2) is 59.9 Å². The Labute approximate surface area is 179 Å². The fourth-order valence-corrected chi connectivity index (χ4v) is 4.13. The van der Waals surface area contributed by atoms with Gasteiger partial charge in [0, 0.05) is 49.2 Å². The number of aromatic nitrogens is 5. The summed E-state index contributed by atoms with van der Waals surface area (Å²) in [6.07, 6.45) is 7.83. The van der Waals surface area contributed by atoms with Gasteiger partial charge in [0.2, 0.25) is 5.95 Å². The van der Waals surface area contributed by atoms with Crippen LogP contribution in [0.25, 0.3) is 0 Å². The molecule has 1 fully saturated rings. The molecule has 31 heavy (non-hydrogen) atoms. The maximum Gasteiger partial charge on any atom is 0.222 e. The van der Waals surface area contributed by atoms with E-state index in [1.54, 1.807) is 18.5 Å². The van der Waals surface area contributed by atoms with E-state index in [1.807, 2.05) is 6.92 Å². The average Bonchev–Trinajstić information content (AvgIpc) is 3.27. The summed E-state index contributed by atoms with van der Waals surface area (Å²) in [4.78, 5) is 14.4. The van der Waals surface area contributed by atoms with Crippen molar-refractivity contribution in [2.24, 2.45) is 0 Å². The van der Waals surface area contributed by atoms with Gasteiger partial charge in [0.05, 0.1) is 6.54 Å². The Balaban J connectivity index is 1.51. The van der Waals surface area contributed by atoms with Gasteiger partial charge in [0.1, 0.15) is 29.9 Å². The first kappa shape index (κ1) is 21.3. The van der Waals surface area contributed by atoms with Crippen LogP contribution in [0, 0.1) is 11.6 Å². The summed E-state index contributed by atoms with van der Waals surface area (Å²) < 4.78 is 29.7. The molecule has 0 aliphatic carbocycles.